The van der Waals surface area contributed by atoms with Gasteiger partial charge < -0.3 is 10.2 Å². The molecule has 2 heterocycles. The molecule has 6 heteroatoms. The van der Waals surface area contributed by atoms with Crippen molar-refractivity contribution < 1.29 is 9.59 Å². The van der Waals surface area contributed by atoms with Crippen molar-refractivity contribution in [2.45, 2.75) is 32.6 Å². The summed E-state index contributed by atoms with van der Waals surface area (Å²) >= 11 is 6.06. The maximum absolute atomic E-state index is 13.5. The van der Waals surface area contributed by atoms with Gasteiger partial charge in [0, 0.05) is 40.3 Å². The number of aryl methyl sites for hydroxylation is 1. The van der Waals surface area contributed by atoms with Gasteiger partial charge >= 0.3 is 0 Å². The summed E-state index contributed by atoms with van der Waals surface area (Å²) in [6.45, 7) is 3.56. The van der Waals surface area contributed by atoms with Gasteiger partial charge in [0.05, 0.1) is 16.8 Å². The number of fused-ring (bicyclic) bond motifs is 1. The molecule has 5 nitrogen and oxygen atoms in total. The Morgan fingerprint density at radius 3 is 2.39 bits per heavy atom. The lowest BCUT2D eigenvalue weighted by atomic mass is 10.0. The fourth-order valence-corrected chi connectivity index (χ4v) is 4.81. The second-order valence-corrected chi connectivity index (χ2v) is 9.76. The number of rotatable bonds is 4. The molecule has 0 saturated carbocycles. The molecule has 3 aromatic carbocycles. The van der Waals surface area contributed by atoms with Crippen LogP contribution in [0.2, 0.25) is 5.02 Å². The van der Waals surface area contributed by atoms with Crippen molar-refractivity contribution in [2.24, 2.45) is 0 Å². The Labute approximate surface area is 216 Å². The van der Waals surface area contributed by atoms with E-state index in [2.05, 4.69) is 5.32 Å². The molecule has 1 aliphatic heterocycles. The summed E-state index contributed by atoms with van der Waals surface area (Å²) in [4.78, 5) is 33.4. The predicted octanol–water partition coefficient (Wildman–Crippen LogP) is 7.13. The van der Waals surface area contributed by atoms with Crippen molar-refractivity contribution in [3.8, 4) is 11.3 Å². The average Bonchev–Trinajstić information content (AvgIpc) is 3.18. The average molecular weight is 498 g/mol. The van der Waals surface area contributed by atoms with Crippen LogP contribution >= 0.6 is 11.6 Å². The summed E-state index contributed by atoms with van der Waals surface area (Å²) in [5, 5.41) is 4.43. The van der Waals surface area contributed by atoms with E-state index in [1.165, 1.54) is 0 Å². The first-order valence-electron chi connectivity index (χ1n) is 12.4. The van der Waals surface area contributed by atoms with Gasteiger partial charge in [0.15, 0.2) is 0 Å². The molecule has 182 valence electrons. The van der Waals surface area contributed by atoms with Gasteiger partial charge in [-0.1, -0.05) is 54.3 Å². The number of anilines is 1. The Morgan fingerprint density at radius 2 is 1.64 bits per heavy atom. The SMILES string of the molecule is Cc1ccc2nc(-c3ccc(Cl)cc3)cc(C(=O)Nc3cccc(C(=O)N4CCCCCC4)c3)c2c1. The van der Waals surface area contributed by atoms with Gasteiger partial charge in [-0.15, -0.1) is 0 Å². The van der Waals surface area contributed by atoms with Crippen LogP contribution in [0.25, 0.3) is 22.2 Å². The number of amides is 2. The van der Waals surface area contributed by atoms with E-state index in [1.54, 1.807) is 6.07 Å². The van der Waals surface area contributed by atoms with Crippen LogP contribution in [0.1, 0.15) is 52.0 Å². The highest BCUT2D eigenvalue weighted by molar-refractivity contribution is 6.30. The number of carbonyl (C=O) groups is 2. The fraction of sp³-hybridized carbons (Fsp3) is 0.233. The standard InChI is InChI=1S/C30H28ClN3O2/c1-20-9-14-27-25(17-20)26(19-28(33-27)21-10-12-23(31)13-11-21)29(35)32-24-8-6-7-22(18-24)30(36)34-15-4-2-3-5-16-34/h6-14,17-19H,2-5,15-16H2,1H3,(H,32,35). The van der Waals surface area contributed by atoms with E-state index in [1.807, 2.05) is 78.6 Å². The number of benzene rings is 3. The Hall–Kier alpha value is -3.70. The molecular formula is C30H28ClN3O2. The number of halogens is 1. The molecular weight excluding hydrogens is 470 g/mol. The van der Waals surface area contributed by atoms with Crippen LogP contribution in [-0.4, -0.2) is 34.8 Å². The molecule has 1 N–H and O–H groups in total. The van der Waals surface area contributed by atoms with Crippen LogP contribution in [0.5, 0.6) is 0 Å². The minimum atomic E-state index is -0.248. The highest BCUT2D eigenvalue weighted by Gasteiger charge is 2.19. The quantitative estimate of drug-likeness (QED) is 0.326. The normalized spacial score (nSPS) is 13.9. The monoisotopic (exact) mass is 497 g/mol. The summed E-state index contributed by atoms with van der Waals surface area (Å²) in [5.41, 5.74) is 5.06. The molecule has 1 aromatic heterocycles. The molecule has 0 atom stereocenters. The van der Waals surface area contributed by atoms with E-state index >= 15 is 0 Å². The minimum Gasteiger partial charge on any atom is -0.339 e. The smallest absolute Gasteiger partial charge is 0.256 e. The van der Waals surface area contributed by atoms with E-state index in [0.29, 0.717) is 27.5 Å². The number of hydrogen-bond donors (Lipinski definition) is 1. The molecule has 4 aromatic rings. The highest BCUT2D eigenvalue weighted by Crippen LogP contribution is 2.28. The van der Waals surface area contributed by atoms with E-state index in [4.69, 9.17) is 16.6 Å². The van der Waals surface area contributed by atoms with Gasteiger partial charge in [-0.25, -0.2) is 4.98 Å². The van der Waals surface area contributed by atoms with Crippen LogP contribution in [-0.2, 0) is 0 Å². The molecule has 0 spiro atoms. The lowest BCUT2D eigenvalue weighted by Gasteiger charge is -2.20. The van der Waals surface area contributed by atoms with Gasteiger partial charge in [0.1, 0.15) is 0 Å². The summed E-state index contributed by atoms with van der Waals surface area (Å²) in [6, 6.07) is 22.3. The van der Waals surface area contributed by atoms with Crippen molar-refractivity contribution >= 4 is 40.0 Å². The third-order valence-electron chi connectivity index (χ3n) is 6.61. The summed E-state index contributed by atoms with van der Waals surface area (Å²) in [6.07, 6.45) is 4.40. The maximum atomic E-state index is 13.5. The number of carbonyl (C=O) groups excluding carboxylic acids is 2. The molecule has 1 aliphatic rings. The maximum Gasteiger partial charge on any atom is 0.256 e. The Balaban J connectivity index is 1.46. The number of pyridine rings is 1. The van der Waals surface area contributed by atoms with Gasteiger partial charge in [-0.05, 0) is 68.3 Å². The van der Waals surface area contributed by atoms with Crippen molar-refractivity contribution in [3.05, 3.63) is 94.5 Å². The zero-order chi connectivity index (χ0) is 25.1. The highest BCUT2D eigenvalue weighted by atomic mass is 35.5. The number of likely N-dealkylation sites (tertiary alicyclic amines) is 1. The van der Waals surface area contributed by atoms with Crippen LogP contribution in [0.3, 0.4) is 0 Å². The first-order chi connectivity index (χ1) is 17.5. The summed E-state index contributed by atoms with van der Waals surface area (Å²) in [7, 11) is 0. The first-order valence-corrected chi connectivity index (χ1v) is 12.7. The fourth-order valence-electron chi connectivity index (χ4n) is 4.68. The summed E-state index contributed by atoms with van der Waals surface area (Å²) < 4.78 is 0. The zero-order valence-electron chi connectivity index (χ0n) is 20.3. The molecule has 2 amide bonds. The van der Waals surface area contributed by atoms with Gasteiger partial charge in [-0.3, -0.25) is 9.59 Å². The first kappa shape index (κ1) is 24.0. The van der Waals surface area contributed by atoms with Crippen LogP contribution in [0.4, 0.5) is 5.69 Å². The van der Waals surface area contributed by atoms with Gasteiger partial charge in [0.25, 0.3) is 11.8 Å². The van der Waals surface area contributed by atoms with Crippen molar-refractivity contribution in [3.63, 3.8) is 0 Å². The Bertz CT molecular complexity index is 1420. The van der Waals surface area contributed by atoms with E-state index in [-0.39, 0.29) is 11.8 Å². The van der Waals surface area contributed by atoms with Crippen LogP contribution < -0.4 is 5.32 Å². The van der Waals surface area contributed by atoms with E-state index in [9.17, 15) is 9.59 Å². The third kappa shape index (κ3) is 5.26. The van der Waals surface area contributed by atoms with Crippen molar-refractivity contribution in [2.75, 3.05) is 18.4 Å². The molecule has 1 saturated heterocycles. The number of hydrogen-bond acceptors (Lipinski definition) is 3. The second kappa shape index (κ2) is 10.5. The lowest BCUT2D eigenvalue weighted by Crippen LogP contribution is -2.31. The molecule has 1 fully saturated rings. The zero-order valence-corrected chi connectivity index (χ0v) is 21.0. The Morgan fingerprint density at radius 1 is 0.889 bits per heavy atom. The third-order valence-corrected chi connectivity index (χ3v) is 6.86. The van der Waals surface area contributed by atoms with Crippen molar-refractivity contribution in [1.29, 1.82) is 0 Å². The minimum absolute atomic E-state index is 0.0167. The molecule has 0 aliphatic carbocycles. The Kier molecular flexibility index (Phi) is 7.01. The van der Waals surface area contributed by atoms with Crippen molar-refractivity contribution in [1.82, 2.24) is 9.88 Å². The van der Waals surface area contributed by atoms with Crippen LogP contribution in [0.15, 0.2) is 72.8 Å². The van der Waals surface area contributed by atoms with E-state index < -0.39 is 0 Å². The topological polar surface area (TPSA) is 62.3 Å². The molecule has 0 radical (unpaired) electrons. The number of aromatic nitrogens is 1. The van der Waals surface area contributed by atoms with Crippen LogP contribution in [0, 0.1) is 6.92 Å². The molecule has 0 bridgehead atoms. The number of nitrogens with zero attached hydrogens (tertiary/aromatic N) is 2. The lowest BCUT2D eigenvalue weighted by molar-refractivity contribution is 0.0761. The van der Waals surface area contributed by atoms with E-state index in [0.717, 1.165) is 60.8 Å². The molecule has 0 unspecified atom stereocenters. The second-order valence-electron chi connectivity index (χ2n) is 9.32. The summed E-state index contributed by atoms with van der Waals surface area (Å²) in [5.74, 6) is -0.231. The predicted molar refractivity (Wildman–Crippen MR) is 146 cm³/mol. The number of nitrogens with one attached hydrogen (secondary N) is 1. The molecule has 36 heavy (non-hydrogen) atoms. The molecule has 5 rings (SSSR count). The largest absolute Gasteiger partial charge is 0.339 e. The van der Waals surface area contributed by atoms with Gasteiger partial charge in [-0.2, -0.15) is 0 Å². The van der Waals surface area contributed by atoms with Gasteiger partial charge in [0.2, 0.25) is 0 Å².